The minimum Gasteiger partial charge on any atom is -0.375 e. The maximum absolute atomic E-state index is 13.0. The zero-order valence-electron chi connectivity index (χ0n) is 13.6. The first-order chi connectivity index (χ1) is 11.9. The molecule has 0 aliphatic carbocycles. The number of benzene rings is 1. The second kappa shape index (κ2) is 7.31. The summed E-state index contributed by atoms with van der Waals surface area (Å²) in [4.78, 5) is 27.7. The molecule has 0 unspecified atom stereocenters. The van der Waals surface area contributed by atoms with Gasteiger partial charge in [-0.1, -0.05) is 29.3 Å². The second-order valence-corrected chi connectivity index (χ2v) is 9.41. The normalized spacial score (nSPS) is 19.4. The molecule has 0 saturated carbocycles. The fourth-order valence-electron chi connectivity index (χ4n) is 3.02. The van der Waals surface area contributed by atoms with Crippen LogP contribution in [0.15, 0.2) is 38.6 Å². The molecule has 1 aliphatic rings. The molecule has 0 saturated heterocycles. The summed E-state index contributed by atoms with van der Waals surface area (Å²) in [6.45, 7) is 2.58. The third kappa shape index (κ3) is 3.47. The van der Waals surface area contributed by atoms with Gasteiger partial charge in [-0.3, -0.25) is 9.59 Å². The number of hydrogen-bond donors (Lipinski definition) is 1. The Kier molecular flexibility index (Phi) is 5.48. The number of anilines is 1. The summed E-state index contributed by atoms with van der Waals surface area (Å²) in [5.41, 5.74) is -0.642. The van der Waals surface area contributed by atoms with Crippen LogP contribution < -0.4 is 4.90 Å². The summed E-state index contributed by atoms with van der Waals surface area (Å²) in [5, 5.41) is 11.2. The molecule has 0 radical (unpaired) electrons. The van der Waals surface area contributed by atoms with E-state index < -0.39 is 11.5 Å². The molecule has 25 heavy (non-hydrogen) atoms. The quantitative estimate of drug-likeness (QED) is 0.592. The number of ketones is 1. The molecule has 0 spiro atoms. The largest absolute Gasteiger partial charge is 0.375 e. The maximum Gasteiger partial charge on any atom is 0.264 e. The van der Waals surface area contributed by atoms with E-state index in [2.05, 4.69) is 31.9 Å². The standard InChI is InChI=1S/C18H17Br2NO3S/c1-2-3-8-21-13-5-4-11(19)9-12(13)18(24,17(21)23)10-14(22)15-6-7-16(20)25-15/h4-7,9,24H,2-3,8,10H2,1H3/t18-/m0/s1. The molecular weight excluding hydrogens is 470 g/mol. The number of halogens is 2. The fourth-order valence-corrected chi connectivity index (χ4v) is 4.70. The van der Waals surface area contributed by atoms with Gasteiger partial charge in [-0.15, -0.1) is 11.3 Å². The van der Waals surface area contributed by atoms with Crippen LogP contribution in [0.3, 0.4) is 0 Å². The Balaban J connectivity index is 1.98. The van der Waals surface area contributed by atoms with Gasteiger partial charge in [0.15, 0.2) is 11.4 Å². The van der Waals surface area contributed by atoms with Crippen LogP contribution in [-0.4, -0.2) is 23.3 Å². The molecular formula is C18H17Br2NO3S. The Bertz CT molecular complexity index is 835. The predicted octanol–water partition coefficient (Wildman–Crippen LogP) is 4.88. The van der Waals surface area contributed by atoms with Gasteiger partial charge in [-0.25, -0.2) is 0 Å². The Morgan fingerprint density at radius 2 is 2.04 bits per heavy atom. The number of rotatable bonds is 6. The van der Waals surface area contributed by atoms with E-state index in [-0.39, 0.29) is 12.2 Å². The number of Topliss-reactive ketones (excluding diaryl/α,β-unsaturated/α-hetero) is 1. The van der Waals surface area contributed by atoms with E-state index in [1.807, 2.05) is 19.1 Å². The molecule has 2 heterocycles. The van der Waals surface area contributed by atoms with Crippen LogP contribution in [0.1, 0.15) is 41.4 Å². The summed E-state index contributed by atoms with van der Waals surface area (Å²) >= 11 is 8.03. The number of aliphatic hydroxyl groups is 1. The van der Waals surface area contributed by atoms with Gasteiger partial charge in [-0.05, 0) is 52.7 Å². The van der Waals surface area contributed by atoms with Crippen molar-refractivity contribution in [3.8, 4) is 0 Å². The van der Waals surface area contributed by atoms with Crippen molar-refractivity contribution in [2.24, 2.45) is 0 Å². The molecule has 1 aromatic carbocycles. The van der Waals surface area contributed by atoms with Gasteiger partial charge in [0.1, 0.15) is 0 Å². The Hall–Kier alpha value is -1.02. The molecule has 132 valence electrons. The maximum atomic E-state index is 13.0. The molecule has 1 aromatic heterocycles. The van der Waals surface area contributed by atoms with E-state index in [1.54, 1.807) is 23.1 Å². The van der Waals surface area contributed by atoms with Crippen molar-refractivity contribution in [3.05, 3.63) is 49.0 Å². The average molecular weight is 487 g/mol. The summed E-state index contributed by atoms with van der Waals surface area (Å²) in [6, 6.07) is 8.88. The van der Waals surface area contributed by atoms with Gasteiger partial charge in [0, 0.05) is 16.6 Å². The predicted molar refractivity (Wildman–Crippen MR) is 106 cm³/mol. The van der Waals surface area contributed by atoms with Crippen molar-refractivity contribution < 1.29 is 14.7 Å². The zero-order chi connectivity index (χ0) is 18.2. The molecule has 4 nitrogen and oxygen atoms in total. The summed E-state index contributed by atoms with van der Waals surface area (Å²) in [7, 11) is 0. The highest BCUT2D eigenvalue weighted by Crippen LogP contribution is 2.44. The van der Waals surface area contributed by atoms with Gasteiger partial charge in [0.05, 0.1) is 20.8 Å². The van der Waals surface area contributed by atoms with E-state index in [0.29, 0.717) is 22.7 Å². The number of carbonyl (C=O) groups is 2. The number of amides is 1. The highest BCUT2D eigenvalue weighted by atomic mass is 79.9. The van der Waals surface area contributed by atoms with E-state index >= 15 is 0 Å². The lowest BCUT2D eigenvalue weighted by Crippen LogP contribution is -2.42. The topological polar surface area (TPSA) is 57.6 Å². The molecule has 0 bridgehead atoms. The first kappa shape index (κ1) is 18.8. The van der Waals surface area contributed by atoms with Crippen LogP contribution >= 0.6 is 43.2 Å². The van der Waals surface area contributed by atoms with Crippen molar-refractivity contribution in [1.82, 2.24) is 0 Å². The van der Waals surface area contributed by atoms with Gasteiger partial charge in [0.25, 0.3) is 5.91 Å². The van der Waals surface area contributed by atoms with Crippen LogP contribution in [0.5, 0.6) is 0 Å². The van der Waals surface area contributed by atoms with E-state index in [0.717, 1.165) is 21.1 Å². The van der Waals surface area contributed by atoms with E-state index in [4.69, 9.17) is 0 Å². The van der Waals surface area contributed by atoms with Gasteiger partial charge in [0.2, 0.25) is 0 Å². The van der Waals surface area contributed by atoms with Crippen LogP contribution in [-0.2, 0) is 10.4 Å². The van der Waals surface area contributed by atoms with E-state index in [9.17, 15) is 14.7 Å². The minimum absolute atomic E-state index is 0.241. The smallest absolute Gasteiger partial charge is 0.264 e. The Morgan fingerprint density at radius 3 is 2.68 bits per heavy atom. The molecule has 3 rings (SSSR count). The van der Waals surface area contributed by atoms with Crippen molar-refractivity contribution in [3.63, 3.8) is 0 Å². The van der Waals surface area contributed by atoms with Crippen LogP contribution in [0, 0.1) is 0 Å². The lowest BCUT2D eigenvalue weighted by molar-refractivity contribution is -0.135. The van der Waals surface area contributed by atoms with Crippen LogP contribution in [0.25, 0.3) is 0 Å². The van der Waals surface area contributed by atoms with Crippen molar-refractivity contribution in [2.75, 3.05) is 11.4 Å². The first-order valence-electron chi connectivity index (χ1n) is 7.99. The van der Waals surface area contributed by atoms with Crippen LogP contribution in [0.4, 0.5) is 5.69 Å². The zero-order valence-corrected chi connectivity index (χ0v) is 17.6. The molecule has 0 fully saturated rings. The lowest BCUT2D eigenvalue weighted by Gasteiger charge is -2.22. The molecule has 1 N–H and O–H groups in total. The summed E-state index contributed by atoms with van der Waals surface area (Å²) in [5.74, 6) is -0.659. The first-order valence-corrected chi connectivity index (χ1v) is 10.4. The third-order valence-corrected chi connectivity index (χ3v) is 6.45. The molecule has 7 heteroatoms. The van der Waals surface area contributed by atoms with Crippen molar-refractivity contribution in [2.45, 2.75) is 31.8 Å². The lowest BCUT2D eigenvalue weighted by atomic mass is 9.89. The van der Waals surface area contributed by atoms with Crippen molar-refractivity contribution >= 4 is 60.6 Å². The molecule has 2 aromatic rings. The van der Waals surface area contributed by atoms with Gasteiger partial charge < -0.3 is 10.0 Å². The monoisotopic (exact) mass is 485 g/mol. The number of carbonyl (C=O) groups excluding carboxylic acids is 2. The Morgan fingerprint density at radius 1 is 1.28 bits per heavy atom. The number of thiophene rings is 1. The number of nitrogens with zero attached hydrogens (tertiary/aromatic N) is 1. The minimum atomic E-state index is -1.82. The molecule has 1 aliphatic heterocycles. The van der Waals surface area contributed by atoms with Gasteiger partial charge in [-0.2, -0.15) is 0 Å². The van der Waals surface area contributed by atoms with Gasteiger partial charge >= 0.3 is 0 Å². The SMILES string of the molecule is CCCCN1C(=O)[C@](O)(CC(=O)c2ccc(Br)s2)c2cc(Br)ccc21. The molecule has 1 atom stereocenters. The van der Waals surface area contributed by atoms with E-state index in [1.165, 1.54) is 11.3 Å². The fraction of sp³-hybridized carbons (Fsp3) is 0.333. The average Bonchev–Trinajstić information content (AvgIpc) is 3.09. The summed E-state index contributed by atoms with van der Waals surface area (Å²) in [6.07, 6.45) is 1.52. The van der Waals surface area contributed by atoms with Crippen LogP contribution in [0.2, 0.25) is 0 Å². The highest BCUT2D eigenvalue weighted by molar-refractivity contribution is 9.11. The highest BCUT2D eigenvalue weighted by Gasteiger charge is 2.50. The third-order valence-electron chi connectivity index (χ3n) is 4.29. The number of hydrogen-bond acceptors (Lipinski definition) is 4. The summed E-state index contributed by atoms with van der Waals surface area (Å²) < 4.78 is 1.61. The Labute approximate surface area is 167 Å². The number of unbranched alkanes of at least 4 members (excludes halogenated alkanes) is 1. The van der Waals surface area contributed by atoms with Crippen molar-refractivity contribution in [1.29, 1.82) is 0 Å². The number of fused-ring (bicyclic) bond motifs is 1. The molecule has 1 amide bonds. The second-order valence-electron chi connectivity index (χ2n) is 6.04.